The third-order valence-corrected chi connectivity index (χ3v) is 6.46. The summed E-state index contributed by atoms with van der Waals surface area (Å²) < 4.78 is 54.9. The standard InChI is InChI=1S/C20H21F2N3O5S/c21-20(22)30-16-5-1-14(2-6-16)9-10-24-19(27)15-3-7-17(8-4-15)31(28,29)25-12-11-23-18(26)13-25/h1-8,20H,9-13H2,(H,23,26)(H,24,27). The number of sulfonamides is 1. The van der Waals surface area contributed by atoms with Gasteiger partial charge in [0.15, 0.2) is 0 Å². The van der Waals surface area contributed by atoms with Crippen LogP contribution in [0.2, 0.25) is 0 Å². The number of alkyl halides is 2. The van der Waals surface area contributed by atoms with Gasteiger partial charge < -0.3 is 15.4 Å². The molecule has 0 aliphatic carbocycles. The molecule has 0 radical (unpaired) electrons. The van der Waals surface area contributed by atoms with E-state index in [-0.39, 0.29) is 47.7 Å². The molecule has 0 bridgehead atoms. The Kier molecular flexibility index (Phi) is 7.18. The molecule has 2 aromatic carbocycles. The predicted molar refractivity (Wildman–Crippen MR) is 107 cm³/mol. The van der Waals surface area contributed by atoms with Gasteiger partial charge in [0.25, 0.3) is 5.91 Å². The Morgan fingerprint density at radius 3 is 2.42 bits per heavy atom. The lowest BCUT2D eigenvalue weighted by atomic mass is 10.1. The first-order valence-electron chi connectivity index (χ1n) is 9.44. The minimum Gasteiger partial charge on any atom is -0.435 e. The van der Waals surface area contributed by atoms with E-state index in [0.717, 1.165) is 9.87 Å². The molecule has 31 heavy (non-hydrogen) atoms. The molecule has 1 aliphatic heterocycles. The van der Waals surface area contributed by atoms with Crippen molar-refractivity contribution >= 4 is 21.8 Å². The van der Waals surface area contributed by atoms with Crippen molar-refractivity contribution in [2.75, 3.05) is 26.2 Å². The molecule has 1 heterocycles. The van der Waals surface area contributed by atoms with Crippen LogP contribution in [-0.4, -0.2) is 57.3 Å². The molecule has 2 aromatic rings. The number of piperazine rings is 1. The van der Waals surface area contributed by atoms with Crippen LogP contribution in [0.15, 0.2) is 53.4 Å². The van der Waals surface area contributed by atoms with Crippen molar-refractivity contribution < 1.29 is 31.5 Å². The van der Waals surface area contributed by atoms with E-state index in [9.17, 15) is 26.8 Å². The molecule has 2 amide bonds. The van der Waals surface area contributed by atoms with E-state index in [4.69, 9.17) is 0 Å². The van der Waals surface area contributed by atoms with E-state index >= 15 is 0 Å². The highest BCUT2D eigenvalue weighted by atomic mass is 32.2. The van der Waals surface area contributed by atoms with Crippen LogP contribution in [-0.2, 0) is 21.2 Å². The number of hydrogen-bond acceptors (Lipinski definition) is 5. The van der Waals surface area contributed by atoms with Gasteiger partial charge in [-0.2, -0.15) is 13.1 Å². The number of carbonyl (C=O) groups is 2. The molecular formula is C20H21F2N3O5S. The third kappa shape index (κ3) is 5.98. The molecule has 0 unspecified atom stereocenters. The van der Waals surface area contributed by atoms with Crippen molar-refractivity contribution in [2.45, 2.75) is 17.9 Å². The van der Waals surface area contributed by atoms with E-state index in [1.54, 1.807) is 12.1 Å². The smallest absolute Gasteiger partial charge is 0.387 e. The summed E-state index contributed by atoms with van der Waals surface area (Å²) in [6.07, 6.45) is 0.476. The molecule has 1 fully saturated rings. The highest BCUT2D eigenvalue weighted by Gasteiger charge is 2.29. The maximum Gasteiger partial charge on any atom is 0.387 e. The Labute approximate surface area is 178 Å². The molecule has 1 aliphatic rings. The van der Waals surface area contributed by atoms with Gasteiger partial charge in [-0.3, -0.25) is 9.59 Å². The van der Waals surface area contributed by atoms with Crippen molar-refractivity contribution in [1.29, 1.82) is 0 Å². The zero-order valence-electron chi connectivity index (χ0n) is 16.4. The molecule has 166 valence electrons. The summed E-state index contributed by atoms with van der Waals surface area (Å²) in [5.74, 6) is -0.677. The van der Waals surface area contributed by atoms with Gasteiger partial charge in [0.2, 0.25) is 15.9 Å². The van der Waals surface area contributed by atoms with Crippen LogP contribution in [0.3, 0.4) is 0 Å². The van der Waals surface area contributed by atoms with E-state index in [1.807, 2.05) is 0 Å². The van der Waals surface area contributed by atoms with Gasteiger partial charge in [-0.25, -0.2) is 8.42 Å². The molecule has 0 atom stereocenters. The summed E-state index contributed by atoms with van der Waals surface area (Å²) >= 11 is 0. The Hall–Kier alpha value is -3.05. The summed E-state index contributed by atoms with van der Waals surface area (Å²) in [6, 6.07) is 11.6. The van der Waals surface area contributed by atoms with Gasteiger partial charge in [-0.1, -0.05) is 12.1 Å². The molecule has 11 heteroatoms. The van der Waals surface area contributed by atoms with Crippen molar-refractivity contribution in [3.8, 4) is 5.75 Å². The Morgan fingerprint density at radius 1 is 1.13 bits per heavy atom. The van der Waals surface area contributed by atoms with Crippen LogP contribution in [0.25, 0.3) is 0 Å². The summed E-state index contributed by atoms with van der Waals surface area (Å²) in [5.41, 5.74) is 1.12. The van der Waals surface area contributed by atoms with E-state index in [0.29, 0.717) is 13.0 Å². The highest BCUT2D eigenvalue weighted by molar-refractivity contribution is 7.89. The van der Waals surface area contributed by atoms with Gasteiger partial charge in [-0.15, -0.1) is 0 Å². The van der Waals surface area contributed by atoms with Gasteiger partial charge in [0.05, 0.1) is 11.4 Å². The predicted octanol–water partition coefficient (Wildman–Crippen LogP) is 1.38. The first kappa shape index (κ1) is 22.6. The second kappa shape index (κ2) is 9.84. The summed E-state index contributed by atoms with van der Waals surface area (Å²) in [4.78, 5) is 23.7. The summed E-state index contributed by atoms with van der Waals surface area (Å²) in [5, 5.41) is 5.29. The maximum atomic E-state index is 12.6. The van der Waals surface area contributed by atoms with Gasteiger partial charge in [0.1, 0.15) is 5.75 Å². The number of carbonyl (C=O) groups excluding carboxylic acids is 2. The van der Waals surface area contributed by atoms with Crippen molar-refractivity contribution in [1.82, 2.24) is 14.9 Å². The van der Waals surface area contributed by atoms with Gasteiger partial charge >= 0.3 is 6.61 Å². The minimum absolute atomic E-state index is 0.00450. The number of hydrogen-bond donors (Lipinski definition) is 2. The number of benzene rings is 2. The van der Waals surface area contributed by atoms with Crippen LogP contribution < -0.4 is 15.4 Å². The molecule has 0 spiro atoms. The molecular weight excluding hydrogens is 432 g/mol. The number of ether oxygens (including phenoxy) is 1. The largest absolute Gasteiger partial charge is 0.435 e. The summed E-state index contributed by atoms with van der Waals surface area (Å²) in [6.45, 7) is -2.38. The number of nitrogens with zero attached hydrogens (tertiary/aromatic N) is 1. The monoisotopic (exact) mass is 453 g/mol. The normalized spacial score (nSPS) is 14.9. The van der Waals surface area contributed by atoms with Crippen molar-refractivity contribution in [3.05, 3.63) is 59.7 Å². The fourth-order valence-corrected chi connectivity index (χ4v) is 4.40. The first-order valence-corrected chi connectivity index (χ1v) is 10.9. The van der Waals surface area contributed by atoms with Crippen molar-refractivity contribution in [2.24, 2.45) is 0 Å². The summed E-state index contributed by atoms with van der Waals surface area (Å²) in [7, 11) is -3.82. The number of nitrogens with one attached hydrogen (secondary N) is 2. The molecule has 8 nitrogen and oxygen atoms in total. The van der Waals surface area contributed by atoms with Crippen LogP contribution in [0, 0.1) is 0 Å². The average molecular weight is 453 g/mol. The quantitative estimate of drug-likeness (QED) is 0.629. The molecule has 0 saturated carbocycles. The third-order valence-electron chi connectivity index (χ3n) is 4.61. The molecule has 1 saturated heterocycles. The van der Waals surface area contributed by atoms with Crippen LogP contribution >= 0.6 is 0 Å². The molecule has 2 N–H and O–H groups in total. The second-order valence-electron chi connectivity index (χ2n) is 6.74. The van der Waals surface area contributed by atoms with Gasteiger partial charge in [0, 0.05) is 25.2 Å². The van der Waals surface area contributed by atoms with Crippen LogP contribution in [0.5, 0.6) is 5.75 Å². The Balaban J connectivity index is 1.53. The molecule has 3 rings (SSSR count). The molecule has 0 aromatic heterocycles. The number of halogens is 2. The lowest BCUT2D eigenvalue weighted by Crippen LogP contribution is -2.49. The lowest BCUT2D eigenvalue weighted by Gasteiger charge is -2.25. The minimum atomic E-state index is -3.82. The Bertz CT molecular complexity index is 1030. The van der Waals surface area contributed by atoms with Gasteiger partial charge in [-0.05, 0) is 48.4 Å². The first-order chi connectivity index (χ1) is 14.8. The SMILES string of the molecule is O=C1CN(S(=O)(=O)c2ccc(C(=O)NCCc3ccc(OC(F)F)cc3)cc2)CCN1. The highest BCUT2D eigenvalue weighted by Crippen LogP contribution is 2.18. The topological polar surface area (TPSA) is 105 Å². The zero-order chi connectivity index (χ0) is 22.4. The van der Waals surface area contributed by atoms with E-state index in [1.165, 1.54) is 36.4 Å². The fraction of sp³-hybridized carbons (Fsp3) is 0.300. The Morgan fingerprint density at radius 2 is 1.81 bits per heavy atom. The van der Waals surface area contributed by atoms with Crippen LogP contribution in [0.1, 0.15) is 15.9 Å². The van der Waals surface area contributed by atoms with E-state index < -0.39 is 16.6 Å². The average Bonchev–Trinajstić information content (AvgIpc) is 2.74. The van der Waals surface area contributed by atoms with Crippen molar-refractivity contribution in [3.63, 3.8) is 0 Å². The van der Waals surface area contributed by atoms with Crippen LogP contribution in [0.4, 0.5) is 8.78 Å². The maximum absolute atomic E-state index is 12.6. The second-order valence-corrected chi connectivity index (χ2v) is 8.68. The lowest BCUT2D eigenvalue weighted by molar-refractivity contribution is -0.122. The van der Waals surface area contributed by atoms with E-state index in [2.05, 4.69) is 15.4 Å². The number of rotatable bonds is 8. The fourth-order valence-electron chi connectivity index (χ4n) is 3.01. The number of amides is 2. The zero-order valence-corrected chi connectivity index (χ0v) is 17.2.